The molecule has 0 saturated carbocycles. The molecule has 0 bridgehead atoms. The summed E-state index contributed by atoms with van der Waals surface area (Å²) in [5.74, 6) is -1.41. The smallest absolute Gasteiger partial charge is 0.339 e. The van der Waals surface area contributed by atoms with Gasteiger partial charge in [0.15, 0.2) is 12.2 Å². The number of aliphatic hydroxyl groups excluding tert-OH is 2. The Hall–Kier alpha value is -1.18. The second kappa shape index (κ2) is 5.95. The Labute approximate surface area is 98.3 Å². The van der Waals surface area contributed by atoms with Gasteiger partial charge in [0.05, 0.1) is 13.2 Å². The van der Waals surface area contributed by atoms with E-state index in [-0.39, 0.29) is 13.2 Å². The van der Waals surface area contributed by atoms with E-state index in [4.69, 9.17) is 14.2 Å². The molecule has 98 valence electrons. The molecule has 1 heterocycles. The third-order valence-electron chi connectivity index (χ3n) is 2.30. The summed E-state index contributed by atoms with van der Waals surface area (Å²) in [6, 6.07) is 0. The van der Waals surface area contributed by atoms with Gasteiger partial charge in [0.25, 0.3) is 0 Å². The number of rotatable bonds is 3. The predicted molar refractivity (Wildman–Crippen MR) is 53.9 cm³/mol. The molecule has 0 aromatic heterocycles. The molecule has 7 heteroatoms. The number of esters is 2. The van der Waals surface area contributed by atoms with E-state index in [1.54, 1.807) is 6.92 Å². The molecule has 1 saturated heterocycles. The summed E-state index contributed by atoms with van der Waals surface area (Å²) in [5.41, 5.74) is 0. The average molecular weight is 248 g/mol. The van der Waals surface area contributed by atoms with Crippen molar-refractivity contribution in [2.45, 2.75) is 38.3 Å². The highest BCUT2D eigenvalue weighted by Gasteiger charge is 2.45. The third kappa shape index (κ3) is 3.39. The van der Waals surface area contributed by atoms with Gasteiger partial charge in [0.1, 0.15) is 12.2 Å². The highest BCUT2D eigenvalue weighted by molar-refractivity contribution is 5.76. The lowest BCUT2D eigenvalue weighted by molar-refractivity contribution is -0.216. The van der Waals surface area contributed by atoms with E-state index < -0.39 is 36.4 Å². The Bertz CT molecular complexity index is 290. The maximum absolute atomic E-state index is 11.5. The number of aliphatic hydroxyl groups is 2. The Kier molecular flexibility index (Phi) is 4.86. The van der Waals surface area contributed by atoms with Gasteiger partial charge in [-0.3, -0.25) is 4.79 Å². The molecule has 1 rings (SSSR count). The van der Waals surface area contributed by atoms with Crippen LogP contribution in [-0.4, -0.2) is 59.8 Å². The number of carbonyl (C=O) groups excluding carboxylic acids is 2. The normalized spacial score (nSPS) is 32.9. The number of hydrogen-bond donors (Lipinski definition) is 2. The van der Waals surface area contributed by atoms with Crippen LogP contribution in [0, 0.1) is 0 Å². The van der Waals surface area contributed by atoms with E-state index in [1.807, 2.05) is 0 Å². The van der Waals surface area contributed by atoms with Crippen molar-refractivity contribution in [2.24, 2.45) is 0 Å². The van der Waals surface area contributed by atoms with E-state index in [0.717, 1.165) is 6.92 Å². The van der Waals surface area contributed by atoms with Gasteiger partial charge in [-0.2, -0.15) is 0 Å². The maximum atomic E-state index is 11.5. The van der Waals surface area contributed by atoms with E-state index in [2.05, 4.69) is 0 Å². The van der Waals surface area contributed by atoms with Gasteiger partial charge in [-0.25, -0.2) is 4.79 Å². The molecule has 4 atom stereocenters. The van der Waals surface area contributed by atoms with E-state index in [0.29, 0.717) is 0 Å². The molecular formula is C10H16O7. The van der Waals surface area contributed by atoms with Crippen molar-refractivity contribution < 1.29 is 34.0 Å². The van der Waals surface area contributed by atoms with Crippen LogP contribution in [0.25, 0.3) is 0 Å². The lowest BCUT2D eigenvalue weighted by Gasteiger charge is -2.35. The van der Waals surface area contributed by atoms with Crippen molar-refractivity contribution in [1.29, 1.82) is 0 Å². The summed E-state index contributed by atoms with van der Waals surface area (Å²) in [7, 11) is 0. The number of hydrogen-bond acceptors (Lipinski definition) is 7. The molecule has 1 aliphatic rings. The SMILES string of the molecule is CCOC(=O)[C@@H]1OCC(O)[C@@H](O)[C@H]1OC(C)=O. The minimum Gasteiger partial charge on any atom is -0.464 e. The first-order valence-electron chi connectivity index (χ1n) is 5.29. The zero-order valence-corrected chi connectivity index (χ0v) is 9.66. The third-order valence-corrected chi connectivity index (χ3v) is 2.30. The fraction of sp³-hybridized carbons (Fsp3) is 0.800. The second-order valence-electron chi connectivity index (χ2n) is 3.64. The van der Waals surface area contributed by atoms with Crippen LogP contribution in [0.5, 0.6) is 0 Å². The van der Waals surface area contributed by atoms with E-state index in [9.17, 15) is 19.8 Å². The molecule has 0 aromatic carbocycles. The van der Waals surface area contributed by atoms with Crippen LogP contribution < -0.4 is 0 Å². The molecule has 0 aromatic rings. The van der Waals surface area contributed by atoms with Gasteiger partial charge >= 0.3 is 11.9 Å². The van der Waals surface area contributed by atoms with Crippen LogP contribution in [0.15, 0.2) is 0 Å². The highest BCUT2D eigenvalue weighted by Crippen LogP contribution is 2.20. The molecule has 0 radical (unpaired) electrons. The van der Waals surface area contributed by atoms with Crippen molar-refractivity contribution in [1.82, 2.24) is 0 Å². The first-order chi connectivity index (χ1) is 7.97. The summed E-state index contributed by atoms with van der Waals surface area (Å²) in [6.45, 7) is 2.68. The Morgan fingerprint density at radius 3 is 2.59 bits per heavy atom. The topological polar surface area (TPSA) is 102 Å². The Morgan fingerprint density at radius 2 is 2.06 bits per heavy atom. The molecule has 0 spiro atoms. The van der Waals surface area contributed by atoms with Gasteiger partial charge < -0.3 is 24.4 Å². The molecule has 1 aliphatic heterocycles. The first-order valence-corrected chi connectivity index (χ1v) is 5.29. The van der Waals surface area contributed by atoms with Gasteiger partial charge in [-0.1, -0.05) is 0 Å². The Balaban J connectivity index is 2.78. The van der Waals surface area contributed by atoms with Gasteiger partial charge in [0.2, 0.25) is 0 Å². The largest absolute Gasteiger partial charge is 0.464 e. The number of ether oxygens (including phenoxy) is 3. The van der Waals surface area contributed by atoms with Crippen molar-refractivity contribution in [2.75, 3.05) is 13.2 Å². The molecule has 1 fully saturated rings. The lowest BCUT2D eigenvalue weighted by Crippen LogP contribution is -2.57. The number of carbonyl (C=O) groups is 2. The quantitative estimate of drug-likeness (QED) is 0.592. The highest BCUT2D eigenvalue weighted by atomic mass is 16.6. The van der Waals surface area contributed by atoms with Crippen molar-refractivity contribution in [3.63, 3.8) is 0 Å². The van der Waals surface area contributed by atoms with Gasteiger partial charge in [0, 0.05) is 6.92 Å². The molecule has 17 heavy (non-hydrogen) atoms. The standard InChI is InChI=1S/C10H16O7/c1-3-15-10(14)9-8(17-5(2)11)7(13)6(12)4-16-9/h6-9,12-13H,3-4H2,1-2H3/t6?,7-,8-,9-/m1/s1. The summed E-state index contributed by atoms with van der Waals surface area (Å²) >= 11 is 0. The van der Waals surface area contributed by atoms with Crippen LogP contribution in [0.4, 0.5) is 0 Å². The maximum Gasteiger partial charge on any atom is 0.339 e. The van der Waals surface area contributed by atoms with Crippen LogP contribution >= 0.6 is 0 Å². The van der Waals surface area contributed by atoms with Crippen LogP contribution in [-0.2, 0) is 23.8 Å². The molecule has 2 N–H and O–H groups in total. The van der Waals surface area contributed by atoms with Crippen LogP contribution in [0.3, 0.4) is 0 Å². The summed E-state index contributed by atoms with van der Waals surface area (Å²) in [6.07, 6.45) is -5.04. The molecular weight excluding hydrogens is 232 g/mol. The average Bonchev–Trinajstić information content (AvgIpc) is 2.24. The summed E-state index contributed by atoms with van der Waals surface area (Å²) in [5, 5.41) is 19.0. The van der Waals surface area contributed by atoms with Crippen molar-refractivity contribution in [3.05, 3.63) is 0 Å². The fourth-order valence-corrected chi connectivity index (χ4v) is 1.54. The van der Waals surface area contributed by atoms with Crippen LogP contribution in [0.2, 0.25) is 0 Å². The van der Waals surface area contributed by atoms with Crippen molar-refractivity contribution >= 4 is 11.9 Å². The lowest BCUT2D eigenvalue weighted by atomic mass is 10.00. The Morgan fingerprint density at radius 1 is 1.41 bits per heavy atom. The molecule has 0 amide bonds. The molecule has 1 unspecified atom stereocenters. The van der Waals surface area contributed by atoms with Gasteiger partial charge in [-0.15, -0.1) is 0 Å². The summed E-state index contributed by atoms with van der Waals surface area (Å²) < 4.78 is 14.5. The minimum atomic E-state index is -1.37. The predicted octanol–water partition coefficient (Wildman–Crippen LogP) is -1.40. The van der Waals surface area contributed by atoms with Crippen molar-refractivity contribution in [3.8, 4) is 0 Å². The monoisotopic (exact) mass is 248 g/mol. The fourth-order valence-electron chi connectivity index (χ4n) is 1.54. The minimum absolute atomic E-state index is 0.143. The molecule has 0 aliphatic carbocycles. The second-order valence-corrected chi connectivity index (χ2v) is 3.64. The van der Waals surface area contributed by atoms with Crippen LogP contribution in [0.1, 0.15) is 13.8 Å². The van der Waals surface area contributed by atoms with E-state index in [1.165, 1.54) is 0 Å². The zero-order valence-electron chi connectivity index (χ0n) is 9.66. The first kappa shape index (κ1) is 13.9. The molecule has 7 nitrogen and oxygen atoms in total. The van der Waals surface area contributed by atoms with Gasteiger partial charge in [-0.05, 0) is 6.92 Å². The zero-order chi connectivity index (χ0) is 13.0. The summed E-state index contributed by atoms with van der Waals surface area (Å²) in [4.78, 5) is 22.4. The van der Waals surface area contributed by atoms with E-state index >= 15 is 0 Å².